The molecule has 0 fully saturated rings. The summed E-state index contributed by atoms with van der Waals surface area (Å²) in [5, 5.41) is 119. The quantitative estimate of drug-likeness (QED) is 0.0328. The summed E-state index contributed by atoms with van der Waals surface area (Å²) < 4.78 is 2.75. The molecule has 4 heterocycles. The highest BCUT2D eigenvalue weighted by molar-refractivity contribution is 5.79. The van der Waals surface area contributed by atoms with Crippen LogP contribution in [0, 0.1) is 0 Å². The maximum absolute atomic E-state index is 11.2. The van der Waals surface area contributed by atoms with E-state index in [4.69, 9.17) is 20.4 Å². The average Bonchev–Trinajstić information content (AvgIpc) is 1.69. The molecule has 0 bridgehead atoms. The van der Waals surface area contributed by atoms with Crippen molar-refractivity contribution in [3.8, 4) is 0 Å². The molecular formula is C76H148N12O20. The predicted molar refractivity (Wildman–Crippen MR) is 402 cm³/mol. The molecule has 632 valence electrons. The fourth-order valence-electron chi connectivity index (χ4n) is 12.9. The van der Waals surface area contributed by atoms with E-state index >= 15 is 0 Å². The van der Waals surface area contributed by atoms with Crippen molar-refractivity contribution in [1.29, 1.82) is 0 Å². The fourth-order valence-corrected chi connectivity index (χ4v) is 12.9. The van der Waals surface area contributed by atoms with Gasteiger partial charge in [0.25, 0.3) is 0 Å². The highest BCUT2D eigenvalue weighted by atomic mass is 16.4. The maximum atomic E-state index is 11.2. The molecule has 108 heavy (non-hydrogen) atoms. The molecule has 32 nitrogen and oxygen atoms in total. The van der Waals surface area contributed by atoms with E-state index in [1.54, 1.807) is 70.0 Å². The standard InChI is InChI=1S/C19H39NO2.C15H31NO2.4C8H14N2O3.2C5H11NO2/c1-5-6-7-8-9-10-11-12-13-14-15-16-17-18(19(21)22)20(2,3)4;1-5-6-7-8-9-10-11-12-13-14(15(17)18)16(2,3)4;4*1-7-9-2-3-10(7,4-5-11)6-8(12)13;2*1-6(2,3)4-5(7)8/h18H,5-17H2,1-4H3;14H,5-13H2,1-4H3;4*11H,2-6H2,1H3;2*4H2,1-3H3. The first kappa shape index (κ1) is 108. The molecule has 0 spiro atoms. The van der Waals surface area contributed by atoms with Crippen molar-refractivity contribution in [1.82, 2.24) is 0 Å². The van der Waals surface area contributed by atoms with Crippen LogP contribution in [0.5, 0.6) is 0 Å². The topological polar surface area (TPSA) is 451 Å². The van der Waals surface area contributed by atoms with Gasteiger partial charge in [-0.2, -0.15) is 0 Å². The third-order valence-corrected chi connectivity index (χ3v) is 19.3. The second-order valence-electron chi connectivity index (χ2n) is 32.6. The van der Waals surface area contributed by atoms with Crippen molar-refractivity contribution in [2.45, 2.75) is 195 Å². The first-order chi connectivity index (χ1) is 50.0. The molecule has 0 radical (unpaired) electrons. The van der Waals surface area contributed by atoms with E-state index < -0.39 is 47.8 Å². The van der Waals surface area contributed by atoms with Crippen molar-refractivity contribution >= 4 is 71.1 Å². The first-order valence-corrected chi connectivity index (χ1v) is 38.8. The molecule has 0 saturated carbocycles. The minimum Gasteiger partial charge on any atom is -0.544 e. The normalized spacial score (nSPS) is 19.8. The van der Waals surface area contributed by atoms with Crippen LogP contribution in [0.4, 0.5) is 0 Å². The average molecular weight is 1550 g/mol. The highest BCUT2D eigenvalue weighted by Gasteiger charge is 2.38. The van der Waals surface area contributed by atoms with Gasteiger partial charge in [-0.25, -0.2) is 20.0 Å². The minimum absolute atomic E-state index is 0.0276. The molecular weight excluding hydrogens is 1400 g/mol. The lowest BCUT2D eigenvalue weighted by Gasteiger charge is -2.34. The SMILES string of the molecule is CC1=NCC[N+]1(CCO)CC(=O)[O-].CC1=NCC[N+]1(CCO)CC(=O)[O-].CC1=NCC[N+]1(CCO)CC(=O)[O-].CC1=NCC[N+]1(CCO)CC(=O)[O-].CCCCCCCCCCC(C(=O)[O-])[N+](C)(C)C.CCCCCCCCCCCCCCC(C(=O)[O-])[N+](C)(C)C.C[N+](C)(C)CC(=O)[O-].C[N+](C)(C)CC(=O)[O-]. The summed E-state index contributed by atoms with van der Waals surface area (Å²) in [5.41, 5.74) is 0. The molecule has 0 saturated heterocycles. The third kappa shape index (κ3) is 53.0. The molecule has 0 aromatic rings. The number of carbonyl (C=O) groups is 8. The number of aliphatic hydroxyl groups is 4. The van der Waals surface area contributed by atoms with Crippen LogP contribution in [-0.2, 0) is 38.4 Å². The number of likely N-dealkylation sites (N-methyl/N-ethyl adjacent to an activating group) is 4. The Balaban J connectivity index is -0.000000583. The van der Waals surface area contributed by atoms with Gasteiger partial charge in [0.15, 0.2) is 23.3 Å². The van der Waals surface area contributed by atoms with E-state index in [-0.39, 0.29) is 95.7 Å². The van der Waals surface area contributed by atoms with Crippen LogP contribution < -0.4 is 40.9 Å². The molecule has 6 unspecified atom stereocenters. The van der Waals surface area contributed by atoms with Crippen LogP contribution in [0.25, 0.3) is 0 Å². The maximum Gasteiger partial charge on any atom is 0.195 e. The molecule has 4 aliphatic rings. The molecule has 0 amide bonds. The summed E-state index contributed by atoms with van der Waals surface area (Å²) in [6.45, 7) is 18.1. The Bertz CT molecular complexity index is 2470. The van der Waals surface area contributed by atoms with Crippen molar-refractivity contribution in [3.63, 3.8) is 0 Å². The molecule has 4 rings (SSSR count). The largest absolute Gasteiger partial charge is 0.544 e. The number of aliphatic hydroxyl groups excluding tert-OH is 4. The molecule has 0 aliphatic carbocycles. The summed E-state index contributed by atoms with van der Waals surface area (Å²) in [6, 6.07) is -0.742. The molecule has 0 aromatic carbocycles. The Hall–Kier alpha value is -6.04. The predicted octanol–water partition coefficient (Wildman–Crippen LogP) is -4.96. The van der Waals surface area contributed by atoms with Crippen LogP contribution in [0.1, 0.15) is 183 Å². The number of quaternary nitrogens is 8. The summed E-state index contributed by atoms with van der Waals surface area (Å²) in [4.78, 5) is 101. The van der Waals surface area contributed by atoms with Gasteiger partial charge in [-0.05, 0) is 12.8 Å². The van der Waals surface area contributed by atoms with Crippen molar-refractivity contribution < 1.29 is 135 Å². The molecule has 6 atom stereocenters. The van der Waals surface area contributed by atoms with Gasteiger partial charge in [0.1, 0.15) is 104 Å². The zero-order valence-electron chi connectivity index (χ0n) is 70.0. The number of aliphatic carboxylic acids is 8. The second-order valence-corrected chi connectivity index (χ2v) is 32.6. The zero-order valence-corrected chi connectivity index (χ0v) is 70.0. The second kappa shape index (κ2) is 57.9. The summed E-state index contributed by atoms with van der Waals surface area (Å²) in [7, 11) is 22.4. The van der Waals surface area contributed by atoms with Crippen LogP contribution in [0.2, 0.25) is 0 Å². The van der Waals surface area contributed by atoms with Gasteiger partial charge in [0.2, 0.25) is 0 Å². The number of carboxylic acids is 8. The lowest BCUT2D eigenvalue weighted by molar-refractivity contribution is -0.889. The summed E-state index contributed by atoms with van der Waals surface area (Å²) >= 11 is 0. The number of amidine groups is 4. The number of rotatable bonds is 46. The van der Waals surface area contributed by atoms with E-state index in [1.807, 2.05) is 42.3 Å². The van der Waals surface area contributed by atoms with Gasteiger partial charge < -0.3 is 118 Å². The Morgan fingerprint density at radius 1 is 0.324 bits per heavy atom. The van der Waals surface area contributed by atoms with Gasteiger partial charge in [0, 0.05) is 40.5 Å². The number of carbonyl (C=O) groups excluding carboxylic acids is 8. The lowest BCUT2D eigenvalue weighted by Crippen LogP contribution is -2.56. The number of hydrogen-bond acceptors (Lipinski definition) is 24. The van der Waals surface area contributed by atoms with E-state index in [1.165, 1.54) is 103 Å². The van der Waals surface area contributed by atoms with E-state index in [9.17, 15) is 79.2 Å². The first-order valence-electron chi connectivity index (χ1n) is 38.8. The van der Waals surface area contributed by atoms with Crippen molar-refractivity contribution in [2.75, 3.05) is 229 Å². The van der Waals surface area contributed by atoms with Crippen LogP contribution in [-0.4, -0.2) is 368 Å². The highest BCUT2D eigenvalue weighted by Crippen LogP contribution is 2.20. The number of aliphatic imine (C=N–C) groups is 4. The molecule has 4 aliphatic heterocycles. The Morgan fingerprint density at radius 2 is 0.509 bits per heavy atom. The minimum atomic E-state index is -1.09. The summed E-state index contributed by atoms with van der Waals surface area (Å²) in [5.74, 6) is -5.09. The van der Waals surface area contributed by atoms with Gasteiger partial charge in [-0.3, -0.25) is 17.9 Å². The number of nitrogens with zero attached hydrogens (tertiary/aromatic N) is 12. The molecule has 0 aromatic heterocycles. The fraction of sp³-hybridized carbons (Fsp3) is 0.842. The van der Waals surface area contributed by atoms with Gasteiger partial charge in [0.05, 0.1) is 185 Å². The Labute approximate surface area is 647 Å². The number of carboxylic acid groups (broad SMARTS) is 8. The third-order valence-electron chi connectivity index (χ3n) is 19.3. The van der Waals surface area contributed by atoms with Gasteiger partial charge in [-0.15, -0.1) is 0 Å². The molecule has 32 heteroatoms. The number of unbranched alkanes of at least 4 members (excludes halogenated alkanes) is 18. The van der Waals surface area contributed by atoms with Gasteiger partial charge in [-0.1, -0.05) is 129 Å². The lowest BCUT2D eigenvalue weighted by atomic mass is 10.0. The molecule has 4 N–H and O–H groups in total. The van der Waals surface area contributed by atoms with Crippen molar-refractivity contribution in [3.05, 3.63) is 0 Å². The monoisotopic (exact) mass is 1550 g/mol. The number of hydrogen-bond donors (Lipinski definition) is 4. The van der Waals surface area contributed by atoms with E-state index in [0.29, 0.717) is 96.5 Å². The summed E-state index contributed by atoms with van der Waals surface area (Å²) in [6.07, 6.45) is 27.2. The van der Waals surface area contributed by atoms with E-state index in [0.717, 1.165) is 61.9 Å². The Morgan fingerprint density at radius 3 is 0.620 bits per heavy atom. The smallest absolute Gasteiger partial charge is 0.195 e. The van der Waals surface area contributed by atoms with Crippen LogP contribution in [0.3, 0.4) is 0 Å². The van der Waals surface area contributed by atoms with Crippen LogP contribution >= 0.6 is 0 Å². The van der Waals surface area contributed by atoms with Crippen LogP contribution in [0.15, 0.2) is 20.0 Å². The van der Waals surface area contributed by atoms with E-state index in [2.05, 4.69) is 33.8 Å². The van der Waals surface area contributed by atoms with Gasteiger partial charge >= 0.3 is 0 Å². The van der Waals surface area contributed by atoms with Crippen molar-refractivity contribution in [2.24, 2.45) is 20.0 Å². The Kier molecular flexibility index (Phi) is 58.1. The zero-order chi connectivity index (χ0) is 84.0.